The first-order valence-corrected chi connectivity index (χ1v) is 3.52. The zero-order valence-corrected chi connectivity index (χ0v) is 6.61. The molecule has 1 heterocycles. The van der Waals surface area contributed by atoms with Gasteiger partial charge >= 0.3 is 0 Å². The van der Waals surface area contributed by atoms with Crippen LogP contribution in [0.25, 0.3) is 0 Å². The molecular weight excluding hydrogens is 160 g/mol. The molecule has 1 aromatic heterocycles. The van der Waals surface area contributed by atoms with Gasteiger partial charge in [-0.2, -0.15) is 5.10 Å². The van der Waals surface area contributed by atoms with Gasteiger partial charge in [0, 0.05) is 6.54 Å². The number of hydrogen-bond acceptors (Lipinski definition) is 4. The molecule has 0 spiro atoms. The molecule has 0 fully saturated rings. The van der Waals surface area contributed by atoms with Gasteiger partial charge in [-0.3, -0.25) is 9.89 Å². The summed E-state index contributed by atoms with van der Waals surface area (Å²) in [6.07, 6.45) is 0.689. The van der Waals surface area contributed by atoms with E-state index in [9.17, 15) is 4.79 Å². The van der Waals surface area contributed by atoms with Crippen LogP contribution in [0.1, 0.15) is 17.5 Å². The predicted octanol–water partition coefficient (Wildman–Crippen LogP) is -1.08. The molecule has 1 rings (SSSR count). The van der Waals surface area contributed by atoms with E-state index >= 15 is 0 Å². The molecule has 0 aliphatic carbocycles. The summed E-state index contributed by atoms with van der Waals surface area (Å²) in [5, 5.41) is 17.2. The molecule has 0 radical (unpaired) electrons. The van der Waals surface area contributed by atoms with Crippen molar-refractivity contribution in [2.45, 2.75) is 13.0 Å². The number of H-pyrrole nitrogens is 1. The first-order valence-electron chi connectivity index (χ1n) is 3.52. The Morgan fingerprint density at radius 1 is 1.92 bits per heavy atom. The minimum Gasteiger partial charge on any atom is -0.392 e. The topological polar surface area (TPSA) is 90.9 Å². The normalized spacial score (nSPS) is 12.5. The Balaban J connectivity index is 2.40. The number of aliphatic hydroxyl groups is 1. The lowest BCUT2D eigenvalue weighted by Crippen LogP contribution is -2.31. The van der Waals surface area contributed by atoms with Crippen molar-refractivity contribution in [3.8, 4) is 0 Å². The summed E-state index contributed by atoms with van der Waals surface area (Å²) in [6, 6.07) is 0. The van der Waals surface area contributed by atoms with E-state index in [2.05, 4.69) is 20.5 Å². The molecule has 0 aliphatic heterocycles. The Kier molecular flexibility index (Phi) is 2.76. The fourth-order valence-corrected chi connectivity index (χ4v) is 0.639. The molecule has 12 heavy (non-hydrogen) atoms. The van der Waals surface area contributed by atoms with Crippen molar-refractivity contribution in [3.05, 3.63) is 12.2 Å². The van der Waals surface area contributed by atoms with Crippen molar-refractivity contribution in [1.82, 2.24) is 20.5 Å². The third kappa shape index (κ3) is 2.31. The lowest BCUT2D eigenvalue weighted by molar-refractivity contribution is 0.0914. The second-order valence-electron chi connectivity index (χ2n) is 2.39. The Morgan fingerprint density at radius 2 is 2.67 bits per heavy atom. The summed E-state index contributed by atoms with van der Waals surface area (Å²) in [6.45, 7) is 1.79. The largest absolute Gasteiger partial charge is 0.392 e. The lowest BCUT2D eigenvalue weighted by Gasteiger charge is -2.03. The molecule has 6 heteroatoms. The summed E-state index contributed by atoms with van der Waals surface area (Å²) >= 11 is 0. The van der Waals surface area contributed by atoms with Crippen LogP contribution in [-0.2, 0) is 0 Å². The van der Waals surface area contributed by atoms with Crippen molar-refractivity contribution in [3.63, 3.8) is 0 Å². The first kappa shape index (κ1) is 8.66. The molecule has 1 unspecified atom stereocenters. The number of nitrogens with zero attached hydrogens (tertiary/aromatic N) is 2. The van der Waals surface area contributed by atoms with Crippen LogP contribution in [0.2, 0.25) is 0 Å². The van der Waals surface area contributed by atoms with Crippen molar-refractivity contribution in [1.29, 1.82) is 0 Å². The number of aliphatic hydroxyl groups excluding tert-OH is 1. The van der Waals surface area contributed by atoms with Gasteiger partial charge in [-0.15, -0.1) is 0 Å². The minimum absolute atomic E-state index is 0.149. The number of hydrogen-bond donors (Lipinski definition) is 3. The van der Waals surface area contributed by atoms with E-state index in [1.807, 2.05) is 0 Å². The molecule has 0 aliphatic rings. The van der Waals surface area contributed by atoms with Crippen LogP contribution in [0.3, 0.4) is 0 Å². The molecule has 1 amide bonds. The highest BCUT2D eigenvalue weighted by molar-refractivity contribution is 5.90. The predicted molar refractivity (Wildman–Crippen MR) is 40.4 cm³/mol. The van der Waals surface area contributed by atoms with E-state index in [4.69, 9.17) is 5.11 Å². The maximum absolute atomic E-state index is 11.1. The van der Waals surface area contributed by atoms with E-state index < -0.39 is 6.10 Å². The van der Waals surface area contributed by atoms with Gasteiger partial charge in [0.2, 0.25) is 5.82 Å². The Labute approximate surface area is 69.0 Å². The van der Waals surface area contributed by atoms with Gasteiger partial charge in [0.1, 0.15) is 6.33 Å². The third-order valence-corrected chi connectivity index (χ3v) is 1.19. The van der Waals surface area contributed by atoms with Crippen molar-refractivity contribution < 1.29 is 9.90 Å². The van der Waals surface area contributed by atoms with E-state index in [-0.39, 0.29) is 18.3 Å². The maximum Gasteiger partial charge on any atom is 0.288 e. The van der Waals surface area contributed by atoms with Gasteiger partial charge in [0.25, 0.3) is 5.91 Å². The third-order valence-electron chi connectivity index (χ3n) is 1.19. The summed E-state index contributed by atoms with van der Waals surface area (Å²) in [5.41, 5.74) is 0. The maximum atomic E-state index is 11.1. The average molecular weight is 170 g/mol. The fourth-order valence-electron chi connectivity index (χ4n) is 0.639. The van der Waals surface area contributed by atoms with Crippen LogP contribution >= 0.6 is 0 Å². The molecule has 1 aromatic rings. The first-order chi connectivity index (χ1) is 5.70. The van der Waals surface area contributed by atoms with E-state index in [1.54, 1.807) is 6.92 Å². The Bertz CT molecular complexity index is 244. The van der Waals surface area contributed by atoms with Gasteiger partial charge in [-0.05, 0) is 6.92 Å². The zero-order valence-electron chi connectivity index (χ0n) is 6.61. The van der Waals surface area contributed by atoms with E-state index in [1.165, 1.54) is 6.33 Å². The molecule has 0 saturated carbocycles. The van der Waals surface area contributed by atoms with Gasteiger partial charge in [0.15, 0.2) is 0 Å². The highest BCUT2D eigenvalue weighted by atomic mass is 16.3. The monoisotopic (exact) mass is 170 g/mol. The highest BCUT2D eigenvalue weighted by Gasteiger charge is 2.07. The number of carbonyl (C=O) groups excluding carboxylic acids is 1. The van der Waals surface area contributed by atoms with Crippen LogP contribution in [0.15, 0.2) is 6.33 Å². The SMILES string of the molecule is CC(O)CNC(=O)c1ncn[nH]1. The number of aromatic amines is 1. The van der Waals surface area contributed by atoms with E-state index in [0.29, 0.717) is 0 Å². The number of aromatic nitrogens is 3. The molecular formula is C6H10N4O2. The summed E-state index contributed by atoms with van der Waals surface area (Å²) in [7, 11) is 0. The van der Waals surface area contributed by atoms with Crippen LogP contribution in [0.4, 0.5) is 0 Å². The molecule has 0 saturated heterocycles. The van der Waals surface area contributed by atoms with Crippen LogP contribution in [0.5, 0.6) is 0 Å². The number of carbonyl (C=O) groups is 1. The number of rotatable bonds is 3. The average Bonchev–Trinajstić information content (AvgIpc) is 2.51. The number of amides is 1. The van der Waals surface area contributed by atoms with Crippen LogP contribution < -0.4 is 5.32 Å². The van der Waals surface area contributed by atoms with Gasteiger partial charge in [-0.25, -0.2) is 4.98 Å². The molecule has 1 atom stereocenters. The van der Waals surface area contributed by atoms with Crippen LogP contribution in [-0.4, -0.2) is 38.8 Å². The second kappa shape index (κ2) is 3.82. The fraction of sp³-hybridized carbons (Fsp3) is 0.500. The Morgan fingerprint density at radius 3 is 3.17 bits per heavy atom. The standard InChI is InChI=1S/C6H10N4O2/c1-4(11)2-7-6(12)5-8-3-9-10-5/h3-4,11H,2H2,1H3,(H,7,12)(H,8,9,10). The molecule has 6 nitrogen and oxygen atoms in total. The molecule has 66 valence electrons. The molecule has 3 N–H and O–H groups in total. The molecule has 0 bridgehead atoms. The van der Waals surface area contributed by atoms with Crippen LogP contribution in [0, 0.1) is 0 Å². The summed E-state index contributed by atoms with van der Waals surface area (Å²) in [4.78, 5) is 14.7. The van der Waals surface area contributed by atoms with Crippen molar-refractivity contribution in [2.24, 2.45) is 0 Å². The van der Waals surface area contributed by atoms with Gasteiger partial charge in [0.05, 0.1) is 6.10 Å². The highest BCUT2D eigenvalue weighted by Crippen LogP contribution is 1.85. The Hall–Kier alpha value is -1.43. The van der Waals surface area contributed by atoms with Gasteiger partial charge < -0.3 is 10.4 Å². The van der Waals surface area contributed by atoms with E-state index in [0.717, 1.165) is 0 Å². The summed E-state index contributed by atoms with van der Waals surface area (Å²) in [5.74, 6) is -0.218. The second-order valence-corrected chi connectivity index (χ2v) is 2.39. The van der Waals surface area contributed by atoms with Gasteiger partial charge in [-0.1, -0.05) is 0 Å². The molecule has 0 aromatic carbocycles. The van der Waals surface area contributed by atoms with Crippen molar-refractivity contribution >= 4 is 5.91 Å². The lowest BCUT2D eigenvalue weighted by atomic mass is 10.4. The number of nitrogens with one attached hydrogen (secondary N) is 2. The summed E-state index contributed by atoms with van der Waals surface area (Å²) < 4.78 is 0. The zero-order chi connectivity index (χ0) is 8.97. The minimum atomic E-state index is -0.558. The quantitative estimate of drug-likeness (QED) is 0.538. The van der Waals surface area contributed by atoms with Crippen molar-refractivity contribution in [2.75, 3.05) is 6.54 Å². The smallest absolute Gasteiger partial charge is 0.288 e.